The summed E-state index contributed by atoms with van der Waals surface area (Å²) in [6.07, 6.45) is 4.76. The Morgan fingerprint density at radius 3 is 1.91 bits per heavy atom. The summed E-state index contributed by atoms with van der Waals surface area (Å²) in [5.74, 6) is -1.71. The smallest absolute Gasteiger partial charge is 0.345 e. The molecular formula is C47H42O6. The molecule has 0 bridgehead atoms. The van der Waals surface area contributed by atoms with Crippen molar-refractivity contribution in [3.05, 3.63) is 184 Å². The zero-order valence-electron chi connectivity index (χ0n) is 30.4. The number of aryl methyl sites for hydroxylation is 3. The van der Waals surface area contributed by atoms with Gasteiger partial charge in [-0.25, -0.2) is 14.4 Å². The maximum absolute atomic E-state index is 13.9. The van der Waals surface area contributed by atoms with Crippen molar-refractivity contribution in [3.63, 3.8) is 0 Å². The molecule has 0 aliphatic heterocycles. The van der Waals surface area contributed by atoms with E-state index in [1.165, 1.54) is 6.92 Å². The van der Waals surface area contributed by atoms with Crippen LogP contribution in [0.1, 0.15) is 81.2 Å². The summed E-state index contributed by atoms with van der Waals surface area (Å²) < 4.78 is 18.1. The first kappa shape index (κ1) is 35.4. The predicted octanol–water partition coefficient (Wildman–Crippen LogP) is 9.24. The van der Waals surface area contributed by atoms with E-state index in [2.05, 4.69) is 61.7 Å². The molecule has 7 rings (SSSR count). The molecule has 266 valence electrons. The molecule has 0 amide bonds. The topological polar surface area (TPSA) is 78.9 Å². The van der Waals surface area contributed by atoms with E-state index in [9.17, 15) is 14.4 Å². The second-order valence-electron chi connectivity index (χ2n) is 14.1. The van der Waals surface area contributed by atoms with Crippen molar-refractivity contribution in [1.29, 1.82) is 0 Å². The van der Waals surface area contributed by atoms with Gasteiger partial charge < -0.3 is 14.2 Å². The molecule has 0 N–H and O–H groups in total. The molecule has 2 aliphatic rings. The van der Waals surface area contributed by atoms with E-state index in [-0.39, 0.29) is 5.57 Å². The third kappa shape index (κ3) is 6.62. The lowest BCUT2D eigenvalue weighted by molar-refractivity contribution is -0.165. The number of hydrogen-bond donors (Lipinski definition) is 0. The van der Waals surface area contributed by atoms with Crippen LogP contribution in [0.2, 0.25) is 0 Å². The van der Waals surface area contributed by atoms with Gasteiger partial charge in [0, 0.05) is 27.8 Å². The number of carbonyl (C=O) groups is 3. The van der Waals surface area contributed by atoms with Gasteiger partial charge in [-0.05, 0) is 104 Å². The Bertz CT molecular complexity index is 2280. The first-order valence-electron chi connectivity index (χ1n) is 17.9. The first-order valence-corrected chi connectivity index (χ1v) is 17.9. The maximum Gasteiger partial charge on any atom is 0.345 e. The molecule has 0 spiro atoms. The highest BCUT2D eigenvalue weighted by molar-refractivity contribution is 5.90. The van der Waals surface area contributed by atoms with Crippen LogP contribution in [0.5, 0.6) is 0 Å². The van der Waals surface area contributed by atoms with E-state index >= 15 is 0 Å². The van der Waals surface area contributed by atoms with Crippen molar-refractivity contribution in [1.82, 2.24) is 0 Å². The third-order valence-corrected chi connectivity index (χ3v) is 10.7. The molecule has 0 aromatic heterocycles. The van der Waals surface area contributed by atoms with E-state index in [1.807, 2.05) is 62.4 Å². The summed E-state index contributed by atoms with van der Waals surface area (Å²) in [6, 6.07) is 36.0. The van der Waals surface area contributed by atoms with Gasteiger partial charge in [-0.2, -0.15) is 0 Å². The lowest BCUT2D eigenvalue weighted by atomic mass is 9.80. The summed E-state index contributed by atoms with van der Waals surface area (Å²) in [6.45, 7) is 12.3. The highest BCUT2D eigenvalue weighted by Gasteiger charge is 2.41. The number of hydrogen-bond acceptors (Lipinski definition) is 6. The van der Waals surface area contributed by atoms with Gasteiger partial charge in [-0.3, -0.25) is 0 Å². The summed E-state index contributed by atoms with van der Waals surface area (Å²) in [5.41, 5.74) is 9.29. The van der Waals surface area contributed by atoms with Gasteiger partial charge in [-0.1, -0.05) is 110 Å². The molecule has 0 heterocycles. The van der Waals surface area contributed by atoms with Crippen LogP contribution in [0.3, 0.4) is 0 Å². The third-order valence-electron chi connectivity index (χ3n) is 10.7. The van der Waals surface area contributed by atoms with Crippen LogP contribution in [0, 0.1) is 0 Å². The van der Waals surface area contributed by atoms with Gasteiger partial charge in [0.15, 0.2) is 17.8 Å². The van der Waals surface area contributed by atoms with Crippen molar-refractivity contribution in [3.8, 4) is 11.1 Å². The van der Waals surface area contributed by atoms with Crippen LogP contribution in [-0.4, -0.2) is 24.5 Å². The Labute approximate surface area is 310 Å². The van der Waals surface area contributed by atoms with Crippen LogP contribution in [0.15, 0.2) is 128 Å². The number of benzene rings is 5. The predicted molar refractivity (Wildman–Crippen MR) is 206 cm³/mol. The minimum absolute atomic E-state index is 0.205. The van der Waals surface area contributed by atoms with Gasteiger partial charge in [0.1, 0.15) is 0 Å². The first-order chi connectivity index (χ1) is 25.5. The summed E-state index contributed by atoms with van der Waals surface area (Å²) in [4.78, 5) is 39.4. The number of carbonyl (C=O) groups excluding carboxylic acids is 3. The van der Waals surface area contributed by atoms with Gasteiger partial charge in [0.2, 0.25) is 0 Å². The van der Waals surface area contributed by atoms with Crippen molar-refractivity contribution < 1.29 is 28.6 Å². The van der Waals surface area contributed by atoms with Gasteiger partial charge in [0.25, 0.3) is 0 Å². The second kappa shape index (κ2) is 14.2. The SMILES string of the molecule is C=Cc1ccc(C(=O)OC2(C)c3ccccc3CCc3c(-c4ccc5c(c4)C(C)(OC(=O)COC(=O)C(=C)C)c4ccccc4CC5)cccc32)cc1. The van der Waals surface area contributed by atoms with E-state index < -0.39 is 35.7 Å². The molecule has 5 aromatic carbocycles. The van der Waals surface area contributed by atoms with Crippen LogP contribution < -0.4 is 0 Å². The molecule has 2 unspecified atom stereocenters. The fourth-order valence-electron chi connectivity index (χ4n) is 7.93. The molecule has 6 heteroatoms. The zero-order chi connectivity index (χ0) is 37.3. The van der Waals surface area contributed by atoms with Crippen molar-refractivity contribution >= 4 is 24.0 Å². The molecule has 53 heavy (non-hydrogen) atoms. The van der Waals surface area contributed by atoms with Crippen LogP contribution in [0.25, 0.3) is 17.2 Å². The second-order valence-corrected chi connectivity index (χ2v) is 14.1. The highest BCUT2D eigenvalue weighted by Crippen LogP contribution is 2.46. The van der Waals surface area contributed by atoms with E-state index in [1.54, 1.807) is 18.2 Å². The Morgan fingerprint density at radius 1 is 0.679 bits per heavy atom. The Hall–Kier alpha value is -6.01. The summed E-state index contributed by atoms with van der Waals surface area (Å²) in [7, 11) is 0. The van der Waals surface area contributed by atoms with Crippen molar-refractivity contribution in [2.45, 2.75) is 57.7 Å². The molecule has 0 radical (unpaired) electrons. The number of fused-ring (bicyclic) bond motifs is 4. The Kier molecular flexibility index (Phi) is 9.48. The zero-order valence-corrected chi connectivity index (χ0v) is 30.4. The molecular weight excluding hydrogens is 661 g/mol. The Morgan fingerprint density at radius 2 is 1.26 bits per heavy atom. The quantitative estimate of drug-likeness (QED) is 0.0912. The largest absolute Gasteiger partial charge is 0.450 e. The number of esters is 3. The van der Waals surface area contributed by atoms with Gasteiger partial charge >= 0.3 is 17.9 Å². The van der Waals surface area contributed by atoms with Crippen molar-refractivity contribution in [2.75, 3.05) is 6.61 Å². The average molecular weight is 703 g/mol. The monoisotopic (exact) mass is 702 g/mol. The standard InChI is InChI=1S/C47H42O6/c1-6-31-18-20-35(21-19-31)45(50)53-46(4)39-15-9-8-13-33(39)26-27-38-37(14-11-17-41(38)46)36-25-24-34-23-22-32-12-7-10-16-40(32)47(5,42(34)28-36)52-43(48)29-51-44(49)30(2)3/h6-21,24-25,28H,1-2,22-23,26-27,29H2,3-5H3. The Balaban J connectivity index is 1.33. The lowest BCUT2D eigenvalue weighted by Gasteiger charge is -2.34. The average Bonchev–Trinajstić information content (AvgIpc) is 3.38. The van der Waals surface area contributed by atoms with E-state index in [4.69, 9.17) is 14.2 Å². The molecule has 0 fully saturated rings. The normalized spacial score (nSPS) is 18.4. The number of ether oxygens (including phenoxy) is 3. The summed E-state index contributed by atoms with van der Waals surface area (Å²) in [5, 5.41) is 0. The van der Waals surface area contributed by atoms with Crippen LogP contribution in [-0.2, 0) is 60.7 Å². The molecule has 6 nitrogen and oxygen atoms in total. The molecule has 2 aliphatic carbocycles. The van der Waals surface area contributed by atoms with E-state index in [0.29, 0.717) is 5.56 Å². The van der Waals surface area contributed by atoms with Gasteiger partial charge in [-0.15, -0.1) is 0 Å². The highest BCUT2D eigenvalue weighted by atomic mass is 16.6. The minimum Gasteiger partial charge on any atom is -0.450 e. The molecule has 0 saturated heterocycles. The van der Waals surface area contributed by atoms with Crippen LogP contribution in [0.4, 0.5) is 0 Å². The molecule has 2 atom stereocenters. The fraction of sp³-hybridized carbons (Fsp3) is 0.213. The minimum atomic E-state index is -1.17. The van der Waals surface area contributed by atoms with Crippen LogP contribution >= 0.6 is 0 Å². The number of rotatable bonds is 8. The van der Waals surface area contributed by atoms with Crippen molar-refractivity contribution in [2.24, 2.45) is 0 Å². The van der Waals surface area contributed by atoms with Gasteiger partial charge in [0.05, 0.1) is 5.56 Å². The summed E-state index contributed by atoms with van der Waals surface area (Å²) >= 11 is 0. The molecule has 5 aromatic rings. The lowest BCUT2D eigenvalue weighted by Crippen LogP contribution is -2.33. The van der Waals surface area contributed by atoms with E-state index in [0.717, 1.165) is 86.9 Å². The maximum atomic E-state index is 13.9. The fourth-order valence-corrected chi connectivity index (χ4v) is 7.93. The molecule has 0 saturated carbocycles.